The van der Waals surface area contributed by atoms with Crippen molar-refractivity contribution in [1.82, 2.24) is 15.1 Å². The Morgan fingerprint density at radius 3 is 3.05 bits per heavy atom. The van der Waals surface area contributed by atoms with E-state index in [1.165, 1.54) is 6.42 Å². The fourth-order valence-corrected chi connectivity index (χ4v) is 4.21. The number of aromatic nitrogens is 2. The van der Waals surface area contributed by atoms with E-state index in [9.17, 15) is 4.79 Å². The second-order valence-corrected chi connectivity index (χ2v) is 6.93. The average Bonchev–Trinajstić information content (AvgIpc) is 3.29. The van der Waals surface area contributed by atoms with E-state index in [1.807, 2.05) is 16.9 Å². The highest BCUT2D eigenvalue weighted by Gasteiger charge is 2.39. The lowest BCUT2D eigenvalue weighted by atomic mass is 9.93. The standard InChI is InChI=1S/C17H19N3OS/c21-17(15-10-12-1-2-13(15)9-12)18-5-7-20-6-3-16(19-20)14-4-8-22-11-14/h1-4,6,8,11-13,15H,5,7,9-10H2,(H,18,21). The molecule has 2 aliphatic carbocycles. The molecule has 0 saturated heterocycles. The monoisotopic (exact) mass is 313 g/mol. The first-order valence-electron chi connectivity index (χ1n) is 7.81. The Balaban J connectivity index is 1.28. The molecule has 22 heavy (non-hydrogen) atoms. The summed E-state index contributed by atoms with van der Waals surface area (Å²) in [6.45, 7) is 1.35. The van der Waals surface area contributed by atoms with E-state index in [2.05, 4.69) is 39.4 Å². The van der Waals surface area contributed by atoms with Crippen molar-refractivity contribution in [2.45, 2.75) is 19.4 Å². The summed E-state index contributed by atoms with van der Waals surface area (Å²) in [5, 5.41) is 11.8. The molecule has 114 valence electrons. The first-order chi connectivity index (χ1) is 10.8. The van der Waals surface area contributed by atoms with Crippen LogP contribution in [0.5, 0.6) is 0 Å². The molecule has 4 nitrogen and oxygen atoms in total. The van der Waals surface area contributed by atoms with Gasteiger partial charge in [-0.15, -0.1) is 0 Å². The van der Waals surface area contributed by atoms with Crippen molar-refractivity contribution in [2.75, 3.05) is 6.54 Å². The number of thiophene rings is 1. The zero-order valence-electron chi connectivity index (χ0n) is 12.3. The van der Waals surface area contributed by atoms with Crippen molar-refractivity contribution in [3.05, 3.63) is 41.2 Å². The molecule has 2 bridgehead atoms. The second-order valence-electron chi connectivity index (χ2n) is 6.15. The van der Waals surface area contributed by atoms with E-state index in [4.69, 9.17) is 0 Å². The molecule has 3 atom stereocenters. The molecule has 2 aliphatic rings. The third-order valence-electron chi connectivity index (χ3n) is 4.71. The third kappa shape index (κ3) is 2.61. The van der Waals surface area contributed by atoms with Gasteiger partial charge in [0.05, 0.1) is 12.2 Å². The van der Waals surface area contributed by atoms with Gasteiger partial charge in [0.1, 0.15) is 0 Å². The van der Waals surface area contributed by atoms with Crippen LogP contribution in [0.15, 0.2) is 41.2 Å². The number of nitrogens with one attached hydrogen (secondary N) is 1. The van der Waals surface area contributed by atoms with Crippen molar-refractivity contribution in [2.24, 2.45) is 17.8 Å². The summed E-state index contributed by atoms with van der Waals surface area (Å²) < 4.78 is 1.90. The average molecular weight is 313 g/mol. The fraction of sp³-hybridized carbons (Fsp3) is 0.412. The molecule has 2 aromatic rings. The van der Waals surface area contributed by atoms with E-state index < -0.39 is 0 Å². The summed E-state index contributed by atoms with van der Waals surface area (Å²) in [7, 11) is 0. The number of hydrogen-bond donors (Lipinski definition) is 1. The summed E-state index contributed by atoms with van der Waals surface area (Å²) in [5.74, 6) is 1.51. The van der Waals surface area contributed by atoms with Gasteiger partial charge < -0.3 is 5.32 Å². The molecule has 2 aromatic heterocycles. The van der Waals surface area contributed by atoms with Crippen molar-refractivity contribution in [3.63, 3.8) is 0 Å². The molecule has 1 fully saturated rings. The Labute approximate surface area is 133 Å². The maximum atomic E-state index is 12.2. The molecule has 0 aliphatic heterocycles. The van der Waals surface area contributed by atoms with Gasteiger partial charge in [0, 0.05) is 29.6 Å². The Morgan fingerprint density at radius 1 is 1.36 bits per heavy atom. The smallest absolute Gasteiger partial charge is 0.223 e. The molecule has 0 spiro atoms. The van der Waals surface area contributed by atoms with Crippen molar-refractivity contribution in [3.8, 4) is 11.3 Å². The van der Waals surface area contributed by atoms with Crippen molar-refractivity contribution >= 4 is 17.2 Å². The Kier molecular flexibility index (Phi) is 3.58. The topological polar surface area (TPSA) is 46.9 Å². The highest BCUT2D eigenvalue weighted by Crippen LogP contribution is 2.43. The minimum atomic E-state index is 0.189. The SMILES string of the molecule is O=C(NCCn1ccc(-c2ccsc2)n1)C1CC2C=CC1C2. The van der Waals surface area contributed by atoms with Gasteiger partial charge in [-0.2, -0.15) is 16.4 Å². The number of carbonyl (C=O) groups is 1. The highest BCUT2D eigenvalue weighted by molar-refractivity contribution is 7.08. The van der Waals surface area contributed by atoms with Crippen molar-refractivity contribution in [1.29, 1.82) is 0 Å². The zero-order valence-corrected chi connectivity index (χ0v) is 13.1. The molecular weight excluding hydrogens is 294 g/mol. The van der Waals surface area contributed by atoms with Gasteiger partial charge in [-0.05, 0) is 42.2 Å². The molecular formula is C17H19N3OS. The van der Waals surface area contributed by atoms with Crippen LogP contribution in [0.1, 0.15) is 12.8 Å². The number of hydrogen-bond acceptors (Lipinski definition) is 3. The molecule has 1 N–H and O–H groups in total. The van der Waals surface area contributed by atoms with Crippen LogP contribution in [-0.2, 0) is 11.3 Å². The van der Waals surface area contributed by atoms with Crippen LogP contribution in [0.4, 0.5) is 0 Å². The predicted octanol–water partition coefficient (Wildman–Crippen LogP) is 2.94. The van der Waals surface area contributed by atoms with E-state index in [1.54, 1.807) is 11.3 Å². The first kappa shape index (κ1) is 13.8. The summed E-state index contributed by atoms with van der Waals surface area (Å²) in [6, 6.07) is 4.09. The van der Waals surface area contributed by atoms with Gasteiger partial charge in [-0.3, -0.25) is 9.48 Å². The number of amides is 1. The molecule has 1 amide bonds. The molecule has 5 heteroatoms. The quantitative estimate of drug-likeness (QED) is 0.863. The maximum Gasteiger partial charge on any atom is 0.223 e. The summed E-state index contributed by atoms with van der Waals surface area (Å²) in [6.07, 6.45) is 8.65. The summed E-state index contributed by atoms with van der Waals surface area (Å²) in [5.41, 5.74) is 2.15. The lowest BCUT2D eigenvalue weighted by molar-refractivity contribution is -0.125. The molecule has 3 unspecified atom stereocenters. The van der Waals surface area contributed by atoms with E-state index >= 15 is 0 Å². The second kappa shape index (κ2) is 5.72. The lowest BCUT2D eigenvalue weighted by Crippen LogP contribution is -2.34. The highest BCUT2D eigenvalue weighted by atomic mass is 32.1. The van der Waals surface area contributed by atoms with Crippen LogP contribution >= 0.6 is 11.3 Å². The molecule has 0 aromatic carbocycles. The van der Waals surface area contributed by atoms with Gasteiger partial charge >= 0.3 is 0 Å². The van der Waals surface area contributed by atoms with Gasteiger partial charge in [0.15, 0.2) is 0 Å². The molecule has 4 rings (SSSR count). The van der Waals surface area contributed by atoms with Crippen LogP contribution in [0, 0.1) is 17.8 Å². The lowest BCUT2D eigenvalue weighted by Gasteiger charge is -2.17. The molecule has 1 saturated carbocycles. The number of rotatable bonds is 5. The van der Waals surface area contributed by atoms with Crippen LogP contribution in [0.25, 0.3) is 11.3 Å². The van der Waals surface area contributed by atoms with Gasteiger partial charge in [-0.1, -0.05) is 12.2 Å². The predicted molar refractivity (Wildman–Crippen MR) is 87.4 cm³/mol. The Hall–Kier alpha value is -1.88. The van der Waals surface area contributed by atoms with Gasteiger partial charge in [0.2, 0.25) is 5.91 Å². The van der Waals surface area contributed by atoms with Crippen LogP contribution in [0.3, 0.4) is 0 Å². The normalized spacial score (nSPS) is 25.7. The summed E-state index contributed by atoms with van der Waals surface area (Å²) in [4.78, 5) is 12.2. The fourth-order valence-electron chi connectivity index (χ4n) is 3.56. The maximum absolute atomic E-state index is 12.2. The zero-order chi connectivity index (χ0) is 14.9. The van der Waals surface area contributed by atoms with Crippen molar-refractivity contribution < 1.29 is 4.79 Å². The van der Waals surface area contributed by atoms with E-state index in [-0.39, 0.29) is 11.8 Å². The number of fused-ring (bicyclic) bond motifs is 2. The summed E-state index contributed by atoms with van der Waals surface area (Å²) >= 11 is 1.67. The van der Waals surface area contributed by atoms with Gasteiger partial charge in [-0.25, -0.2) is 0 Å². The minimum absolute atomic E-state index is 0.189. The van der Waals surface area contributed by atoms with Crippen LogP contribution in [-0.4, -0.2) is 22.2 Å². The third-order valence-corrected chi connectivity index (χ3v) is 5.40. The van der Waals surface area contributed by atoms with Gasteiger partial charge in [0.25, 0.3) is 0 Å². The Morgan fingerprint density at radius 2 is 2.32 bits per heavy atom. The largest absolute Gasteiger partial charge is 0.354 e. The Bertz CT molecular complexity index is 689. The first-order valence-corrected chi connectivity index (χ1v) is 8.76. The van der Waals surface area contributed by atoms with Crippen LogP contribution in [0.2, 0.25) is 0 Å². The van der Waals surface area contributed by atoms with E-state index in [0.717, 1.165) is 17.7 Å². The number of carbonyl (C=O) groups excluding carboxylic acids is 1. The van der Waals surface area contributed by atoms with E-state index in [0.29, 0.717) is 24.9 Å². The van der Waals surface area contributed by atoms with Crippen LogP contribution < -0.4 is 5.32 Å². The molecule has 2 heterocycles. The number of allylic oxidation sites excluding steroid dienone is 2. The number of nitrogens with zero attached hydrogens (tertiary/aromatic N) is 2. The molecule has 0 radical (unpaired) electrons. The minimum Gasteiger partial charge on any atom is -0.354 e.